The van der Waals surface area contributed by atoms with Crippen molar-refractivity contribution in [1.29, 1.82) is 0 Å². The molecule has 1 aromatic heterocycles. The number of benzene rings is 1. The summed E-state index contributed by atoms with van der Waals surface area (Å²) >= 11 is 0. The topological polar surface area (TPSA) is 74.2 Å². The molecule has 3 N–H and O–H groups in total. The normalized spacial score (nSPS) is 11.6. The van der Waals surface area contributed by atoms with Gasteiger partial charge in [-0.3, -0.25) is 4.98 Å². The minimum atomic E-state index is -0.428. The van der Waals surface area contributed by atoms with Crippen LogP contribution in [0.5, 0.6) is 0 Å². The summed E-state index contributed by atoms with van der Waals surface area (Å²) in [5, 5.41) is 14.7. The highest BCUT2D eigenvalue weighted by Gasteiger charge is 2.12. The molecule has 1 atom stereocenters. The predicted octanol–water partition coefficient (Wildman–Crippen LogP) is 1.94. The van der Waals surface area contributed by atoms with Crippen LogP contribution < -0.4 is 10.6 Å². The molecule has 0 aliphatic carbocycles. The van der Waals surface area contributed by atoms with Crippen LogP contribution in [0.3, 0.4) is 0 Å². The molecular weight excluding hydrogens is 242 g/mol. The van der Waals surface area contributed by atoms with E-state index in [1.807, 2.05) is 30.3 Å². The van der Waals surface area contributed by atoms with Crippen LogP contribution in [0.1, 0.15) is 11.6 Å². The van der Waals surface area contributed by atoms with Gasteiger partial charge < -0.3 is 15.7 Å². The molecule has 1 aromatic carbocycles. The van der Waals surface area contributed by atoms with Gasteiger partial charge in [-0.1, -0.05) is 30.3 Å². The highest BCUT2D eigenvalue weighted by atomic mass is 16.3. The maximum Gasteiger partial charge on any atom is 0.319 e. The third-order valence-corrected chi connectivity index (χ3v) is 2.63. The summed E-state index contributed by atoms with van der Waals surface area (Å²) in [5.41, 5.74) is 1.51. The van der Waals surface area contributed by atoms with Crippen molar-refractivity contribution < 1.29 is 9.90 Å². The average Bonchev–Trinajstić information content (AvgIpc) is 2.47. The number of nitrogens with zero attached hydrogens (tertiary/aromatic N) is 1. The number of pyridine rings is 1. The van der Waals surface area contributed by atoms with Gasteiger partial charge in [0, 0.05) is 18.1 Å². The van der Waals surface area contributed by atoms with Gasteiger partial charge >= 0.3 is 6.03 Å². The van der Waals surface area contributed by atoms with Crippen molar-refractivity contribution in [1.82, 2.24) is 10.3 Å². The number of nitrogens with one attached hydrogen (secondary N) is 2. The van der Waals surface area contributed by atoms with Crippen molar-refractivity contribution in [3.63, 3.8) is 0 Å². The molecule has 2 amide bonds. The molecule has 0 saturated heterocycles. The van der Waals surface area contributed by atoms with Crippen LogP contribution in [0, 0.1) is 0 Å². The molecule has 1 heterocycles. The van der Waals surface area contributed by atoms with E-state index in [0.717, 1.165) is 5.56 Å². The SMILES string of the molecule is O=C(Nc1ccncc1)N[C@H](CO)c1ccccc1. The van der Waals surface area contributed by atoms with Gasteiger partial charge in [-0.25, -0.2) is 4.79 Å². The summed E-state index contributed by atoms with van der Waals surface area (Å²) in [7, 11) is 0. The Morgan fingerprint density at radius 1 is 1.16 bits per heavy atom. The summed E-state index contributed by atoms with van der Waals surface area (Å²) in [4.78, 5) is 15.7. The second-order valence-corrected chi connectivity index (χ2v) is 3.98. The van der Waals surface area contributed by atoms with E-state index in [1.165, 1.54) is 0 Å². The monoisotopic (exact) mass is 257 g/mol. The third kappa shape index (κ3) is 3.79. The smallest absolute Gasteiger partial charge is 0.319 e. The zero-order valence-electron chi connectivity index (χ0n) is 10.3. The lowest BCUT2D eigenvalue weighted by atomic mass is 10.1. The largest absolute Gasteiger partial charge is 0.394 e. The molecule has 2 rings (SSSR count). The standard InChI is InChI=1S/C14H15N3O2/c18-10-13(11-4-2-1-3-5-11)17-14(19)16-12-6-8-15-9-7-12/h1-9,13,18H,10H2,(H2,15,16,17,19)/t13-/m1/s1. The second kappa shape index (κ2) is 6.51. The van der Waals surface area contributed by atoms with E-state index in [0.29, 0.717) is 5.69 Å². The molecule has 0 unspecified atom stereocenters. The van der Waals surface area contributed by atoms with Crippen molar-refractivity contribution in [2.75, 3.05) is 11.9 Å². The van der Waals surface area contributed by atoms with E-state index in [4.69, 9.17) is 0 Å². The van der Waals surface area contributed by atoms with E-state index in [-0.39, 0.29) is 12.6 Å². The fourth-order valence-electron chi connectivity index (χ4n) is 1.68. The van der Waals surface area contributed by atoms with Gasteiger partial charge in [0.1, 0.15) is 0 Å². The molecule has 19 heavy (non-hydrogen) atoms. The summed E-state index contributed by atoms with van der Waals surface area (Å²) in [6, 6.07) is 11.9. The molecular formula is C14H15N3O2. The van der Waals surface area contributed by atoms with E-state index < -0.39 is 6.04 Å². The lowest BCUT2D eigenvalue weighted by Crippen LogP contribution is -2.34. The molecule has 0 saturated carbocycles. The highest BCUT2D eigenvalue weighted by Crippen LogP contribution is 2.12. The number of amides is 2. The van der Waals surface area contributed by atoms with Gasteiger partial charge in [-0.05, 0) is 17.7 Å². The Morgan fingerprint density at radius 3 is 2.47 bits per heavy atom. The Morgan fingerprint density at radius 2 is 1.84 bits per heavy atom. The van der Waals surface area contributed by atoms with Crippen molar-refractivity contribution in [2.24, 2.45) is 0 Å². The molecule has 0 spiro atoms. The van der Waals surface area contributed by atoms with Gasteiger partial charge in [0.05, 0.1) is 12.6 Å². The van der Waals surface area contributed by atoms with Crippen molar-refractivity contribution in [3.05, 3.63) is 60.4 Å². The fraction of sp³-hybridized carbons (Fsp3) is 0.143. The second-order valence-electron chi connectivity index (χ2n) is 3.98. The maximum atomic E-state index is 11.8. The zero-order chi connectivity index (χ0) is 13.5. The van der Waals surface area contributed by atoms with E-state index >= 15 is 0 Å². The number of carbonyl (C=O) groups is 1. The van der Waals surface area contributed by atoms with Crippen LogP contribution in [0.4, 0.5) is 10.5 Å². The lowest BCUT2D eigenvalue weighted by Gasteiger charge is -2.17. The van der Waals surface area contributed by atoms with Crippen LogP contribution in [-0.4, -0.2) is 22.7 Å². The summed E-state index contributed by atoms with van der Waals surface area (Å²) < 4.78 is 0. The van der Waals surface area contributed by atoms with Crippen molar-refractivity contribution >= 4 is 11.7 Å². The first-order chi connectivity index (χ1) is 9.29. The Balaban J connectivity index is 1.97. The number of aromatic nitrogens is 1. The van der Waals surface area contributed by atoms with Gasteiger partial charge in [0.25, 0.3) is 0 Å². The molecule has 5 heteroatoms. The minimum Gasteiger partial charge on any atom is -0.394 e. The molecule has 0 radical (unpaired) electrons. The van der Waals surface area contributed by atoms with E-state index in [1.54, 1.807) is 24.5 Å². The molecule has 0 fully saturated rings. The van der Waals surface area contributed by atoms with Crippen molar-refractivity contribution in [2.45, 2.75) is 6.04 Å². The van der Waals surface area contributed by atoms with E-state index in [9.17, 15) is 9.90 Å². The first-order valence-electron chi connectivity index (χ1n) is 5.93. The highest BCUT2D eigenvalue weighted by molar-refractivity contribution is 5.89. The Labute approximate surface area is 111 Å². The van der Waals surface area contributed by atoms with E-state index in [2.05, 4.69) is 15.6 Å². The Hall–Kier alpha value is -2.40. The van der Waals surface area contributed by atoms with Gasteiger partial charge in [0.15, 0.2) is 0 Å². The Bertz CT molecular complexity index is 517. The maximum absolute atomic E-state index is 11.8. The number of hydrogen-bond acceptors (Lipinski definition) is 3. The third-order valence-electron chi connectivity index (χ3n) is 2.63. The number of anilines is 1. The molecule has 5 nitrogen and oxygen atoms in total. The molecule has 2 aromatic rings. The number of rotatable bonds is 4. The first kappa shape index (κ1) is 13.0. The van der Waals surface area contributed by atoms with Crippen LogP contribution in [0.15, 0.2) is 54.9 Å². The Kier molecular flexibility index (Phi) is 4.47. The molecule has 0 aliphatic rings. The first-order valence-corrected chi connectivity index (χ1v) is 5.93. The number of aliphatic hydroxyl groups excluding tert-OH is 1. The minimum absolute atomic E-state index is 0.159. The summed E-state index contributed by atoms with van der Waals surface area (Å²) in [6.07, 6.45) is 3.19. The molecule has 98 valence electrons. The van der Waals surface area contributed by atoms with Gasteiger partial charge in [-0.2, -0.15) is 0 Å². The number of urea groups is 1. The van der Waals surface area contributed by atoms with Crippen LogP contribution in [-0.2, 0) is 0 Å². The molecule has 0 aliphatic heterocycles. The predicted molar refractivity (Wildman–Crippen MR) is 72.7 cm³/mol. The summed E-state index contributed by atoms with van der Waals surface area (Å²) in [6.45, 7) is -0.159. The number of hydrogen-bond donors (Lipinski definition) is 3. The van der Waals surface area contributed by atoms with Crippen LogP contribution in [0.25, 0.3) is 0 Å². The number of aliphatic hydroxyl groups is 1. The van der Waals surface area contributed by atoms with Crippen LogP contribution in [0.2, 0.25) is 0 Å². The average molecular weight is 257 g/mol. The van der Waals surface area contributed by atoms with Crippen LogP contribution >= 0.6 is 0 Å². The van der Waals surface area contributed by atoms with Crippen molar-refractivity contribution in [3.8, 4) is 0 Å². The fourth-order valence-corrected chi connectivity index (χ4v) is 1.68. The lowest BCUT2D eigenvalue weighted by molar-refractivity contribution is 0.225. The zero-order valence-corrected chi connectivity index (χ0v) is 10.3. The quantitative estimate of drug-likeness (QED) is 0.783. The number of carbonyl (C=O) groups excluding carboxylic acids is 1. The van der Waals surface area contributed by atoms with Gasteiger partial charge in [0.2, 0.25) is 0 Å². The summed E-state index contributed by atoms with van der Waals surface area (Å²) in [5.74, 6) is 0. The molecule has 0 bridgehead atoms. The van der Waals surface area contributed by atoms with Gasteiger partial charge in [-0.15, -0.1) is 0 Å².